The number of imide groups is 1. The first kappa shape index (κ1) is 20.2. The van der Waals surface area contributed by atoms with Crippen LogP contribution in [-0.4, -0.2) is 38.9 Å². The Bertz CT molecular complexity index is 1500. The lowest BCUT2D eigenvalue weighted by Crippen LogP contribution is -2.44. The molecule has 0 spiro atoms. The standard InChI is InChI=1S/C27H21N3O4/c1-15-7-6-8-16(13-15)24-23-19(17-9-2-4-11-20(17)28-23)14-22-25(31)30(27(34)29(22)24)21-12-5-3-10-18(21)26(32)33/h2-13,22,24,28H,14H2,1H3,(H,32,33)/t22-,24?/m0/s1. The fourth-order valence-electron chi connectivity index (χ4n) is 5.33. The molecule has 0 saturated carbocycles. The van der Waals surface area contributed by atoms with E-state index in [1.807, 2.05) is 55.5 Å². The summed E-state index contributed by atoms with van der Waals surface area (Å²) in [5, 5.41) is 10.7. The molecule has 6 rings (SSSR count). The monoisotopic (exact) mass is 451 g/mol. The van der Waals surface area contributed by atoms with Gasteiger partial charge in [-0.2, -0.15) is 0 Å². The van der Waals surface area contributed by atoms with Crippen molar-refractivity contribution in [2.24, 2.45) is 0 Å². The van der Waals surface area contributed by atoms with Gasteiger partial charge >= 0.3 is 12.0 Å². The molecular formula is C27H21N3O4. The Labute approximate surface area is 195 Å². The van der Waals surface area contributed by atoms with Crippen LogP contribution in [0.3, 0.4) is 0 Å². The van der Waals surface area contributed by atoms with E-state index in [2.05, 4.69) is 4.98 Å². The van der Waals surface area contributed by atoms with Gasteiger partial charge in [-0.25, -0.2) is 14.5 Å². The maximum Gasteiger partial charge on any atom is 0.337 e. The largest absolute Gasteiger partial charge is 0.478 e. The van der Waals surface area contributed by atoms with Crippen molar-refractivity contribution in [3.8, 4) is 0 Å². The van der Waals surface area contributed by atoms with E-state index in [9.17, 15) is 19.5 Å². The third-order valence-corrected chi connectivity index (χ3v) is 6.78. The summed E-state index contributed by atoms with van der Waals surface area (Å²) in [6, 6.07) is 20.2. The molecule has 7 nitrogen and oxygen atoms in total. The van der Waals surface area contributed by atoms with Crippen LogP contribution in [0.5, 0.6) is 0 Å². The van der Waals surface area contributed by atoms with Crippen LogP contribution in [0.15, 0.2) is 72.8 Å². The van der Waals surface area contributed by atoms with E-state index in [0.29, 0.717) is 6.42 Å². The Morgan fingerprint density at radius 1 is 1.00 bits per heavy atom. The van der Waals surface area contributed by atoms with Gasteiger partial charge in [0, 0.05) is 23.0 Å². The molecule has 0 bridgehead atoms. The summed E-state index contributed by atoms with van der Waals surface area (Å²) in [7, 11) is 0. The number of rotatable bonds is 3. The van der Waals surface area contributed by atoms with Crippen molar-refractivity contribution in [3.63, 3.8) is 0 Å². The number of fused-ring (bicyclic) bond motifs is 4. The number of aryl methyl sites for hydroxylation is 1. The van der Waals surface area contributed by atoms with Crippen molar-refractivity contribution in [2.75, 3.05) is 4.90 Å². The van der Waals surface area contributed by atoms with E-state index in [4.69, 9.17) is 0 Å². The minimum Gasteiger partial charge on any atom is -0.478 e. The summed E-state index contributed by atoms with van der Waals surface area (Å²) in [5.41, 5.74) is 4.81. The molecule has 1 aromatic heterocycles. The number of benzene rings is 3. The molecule has 3 heterocycles. The highest BCUT2D eigenvalue weighted by atomic mass is 16.4. The zero-order chi connectivity index (χ0) is 23.6. The van der Waals surface area contributed by atoms with Crippen LogP contribution in [0.2, 0.25) is 0 Å². The normalized spacial score (nSPS) is 19.4. The second kappa shape index (κ2) is 7.31. The molecule has 3 aromatic carbocycles. The first-order chi connectivity index (χ1) is 16.5. The number of H-pyrrole nitrogens is 1. The average molecular weight is 451 g/mol. The number of para-hydroxylation sites is 2. The lowest BCUT2D eigenvalue weighted by atomic mass is 9.88. The zero-order valence-electron chi connectivity index (χ0n) is 18.4. The number of carboxylic acids is 1. The summed E-state index contributed by atoms with van der Waals surface area (Å²) >= 11 is 0. The molecule has 168 valence electrons. The third kappa shape index (κ3) is 2.80. The molecule has 0 radical (unpaired) electrons. The van der Waals surface area contributed by atoms with E-state index in [0.717, 1.165) is 38.2 Å². The van der Waals surface area contributed by atoms with Gasteiger partial charge in [0.25, 0.3) is 5.91 Å². The quantitative estimate of drug-likeness (QED) is 0.443. The minimum absolute atomic E-state index is 0.0832. The number of aromatic carboxylic acids is 1. The molecule has 1 saturated heterocycles. The minimum atomic E-state index is -1.19. The smallest absolute Gasteiger partial charge is 0.337 e. The molecule has 3 amide bonds. The molecule has 2 aliphatic heterocycles. The van der Waals surface area contributed by atoms with Gasteiger partial charge in [-0.05, 0) is 36.2 Å². The lowest BCUT2D eigenvalue weighted by molar-refractivity contribution is -0.120. The number of carbonyl (C=O) groups is 3. The van der Waals surface area contributed by atoms with Crippen LogP contribution in [0, 0.1) is 6.92 Å². The fourth-order valence-corrected chi connectivity index (χ4v) is 5.33. The summed E-state index contributed by atoms with van der Waals surface area (Å²) in [4.78, 5) is 45.5. The number of aromatic nitrogens is 1. The lowest BCUT2D eigenvalue weighted by Gasteiger charge is -2.36. The van der Waals surface area contributed by atoms with Crippen LogP contribution in [-0.2, 0) is 11.2 Å². The molecule has 2 atom stereocenters. The molecule has 2 N–H and O–H groups in total. The van der Waals surface area contributed by atoms with Crippen LogP contribution in [0.25, 0.3) is 10.9 Å². The van der Waals surface area contributed by atoms with E-state index < -0.39 is 30.0 Å². The van der Waals surface area contributed by atoms with Crippen LogP contribution < -0.4 is 4.90 Å². The molecule has 34 heavy (non-hydrogen) atoms. The van der Waals surface area contributed by atoms with Gasteiger partial charge in [0.15, 0.2) is 0 Å². The summed E-state index contributed by atoms with van der Waals surface area (Å²) in [6.45, 7) is 1.99. The van der Waals surface area contributed by atoms with Crippen molar-refractivity contribution >= 4 is 34.5 Å². The Morgan fingerprint density at radius 2 is 1.76 bits per heavy atom. The number of nitrogens with zero attached hydrogens (tertiary/aromatic N) is 2. The van der Waals surface area contributed by atoms with E-state index in [1.54, 1.807) is 17.0 Å². The van der Waals surface area contributed by atoms with Gasteiger partial charge in [-0.3, -0.25) is 9.69 Å². The fraction of sp³-hybridized carbons (Fsp3) is 0.148. The number of amides is 3. The van der Waals surface area contributed by atoms with E-state index >= 15 is 0 Å². The van der Waals surface area contributed by atoms with Crippen molar-refractivity contribution in [2.45, 2.75) is 25.4 Å². The number of urea groups is 1. The number of hydrogen-bond donors (Lipinski definition) is 2. The molecule has 1 unspecified atom stereocenters. The Hall–Kier alpha value is -4.39. The van der Waals surface area contributed by atoms with Gasteiger partial charge < -0.3 is 10.1 Å². The Kier molecular flexibility index (Phi) is 4.35. The van der Waals surface area contributed by atoms with E-state index in [1.165, 1.54) is 12.1 Å². The van der Waals surface area contributed by atoms with Gasteiger partial charge in [0.2, 0.25) is 0 Å². The van der Waals surface area contributed by atoms with Crippen molar-refractivity contribution in [3.05, 3.63) is 101 Å². The number of aromatic amines is 1. The number of carboxylic acid groups (broad SMARTS) is 1. The third-order valence-electron chi connectivity index (χ3n) is 6.78. The maximum atomic E-state index is 13.8. The van der Waals surface area contributed by atoms with Gasteiger partial charge in [0.05, 0.1) is 11.3 Å². The van der Waals surface area contributed by atoms with Crippen LogP contribution >= 0.6 is 0 Å². The molecular weight excluding hydrogens is 430 g/mol. The Morgan fingerprint density at radius 3 is 2.56 bits per heavy atom. The first-order valence-electron chi connectivity index (χ1n) is 11.1. The second-order valence-corrected chi connectivity index (χ2v) is 8.79. The van der Waals surface area contributed by atoms with Crippen LogP contribution in [0.1, 0.15) is 38.8 Å². The summed E-state index contributed by atoms with van der Waals surface area (Å²) < 4.78 is 0. The van der Waals surface area contributed by atoms with Gasteiger partial charge in [0.1, 0.15) is 12.1 Å². The maximum absolute atomic E-state index is 13.8. The first-order valence-corrected chi connectivity index (χ1v) is 11.1. The van der Waals surface area contributed by atoms with Gasteiger partial charge in [-0.1, -0.05) is 60.2 Å². The zero-order valence-corrected chi connectivity index (χ0v) is 18.4. The topological polar surface area (TPSA) is 93.7 Å². The summed E-state index contributed by atoms with van der Waals surface area (Å²) in [6.07, 6.45) is 0.359. The highest BCUT2D eigenvalue weighted by Crippen LogP contribution is 2.45. The number of carbonyl (C=O) groups excluding carboxylic acids is 2. The Balaban J connectivity index is 1.56. The molecule has 1 fully saturated rings. The molecule has 4 aromatic rings. The van der Waals surface area contributed by atoms with Crippen molar-refractivity contribution < 1.29 is 19.5 Å². The van der Waals surface area contributed by atoms with Crippen molar-refractivity contribution in [1.82, 2.24) is 9.88 Å². The van der Waals surface area contributed by atoms with Crippen molar-refractivity contribution in [1.29, 1.82) is 0 Å². The predicted molar refractivity (Wildman–Crippen MR) is 127 cm³/mol. The highest BCUT2D eigenvalue weighted by molar-refractivity contribution is 6.23. The number of hydrogen-bond acceptors (Lipinski definition) is 3. The number of anilines is 1. The van der Waals surface area contributed by atoms with Crippen LogP contribution in [0.4, 0.5) is 10.5 Å². The SMILES string of the molecule is Cc1cccc(C2c3[nH]c4ccccc4c3C[C@H]3C(=O)N(c4ccccc4C(=O)O)C(=O)N23)c1. The average Bonchev–Trinajstić information content (AvgIpc) is 3.32. The highest BCUT2D eigenvalue weighted by Gasteiger charge is 2.53. The molecule has 7 heteroatoms. The summed E-state index contributed by atoms with van der Waals surface area (Å²) in [5.74, 6) is -1.60. The molecule has 2 aliphatic rings. The van der Waals surface area contributed by atoms with E-state index in [-0.39, 0.29) is 11.3 Å². The predicted octanol–water partition coefficient (Wildman–Crippen LogP) is 4.66. The number of nitrogens with one attached hydrogen (secondary N) is 1. The second-order valence-electron chi connectivity index (χ2n) is 8.79. The molecule has 0 aliphatic carbocycles. The van der Waals surface area contributed by atoms with Gasteiger partial charge in [-0.15, -0.1) is 0 Å².